The van der Waals surface area contributed by atoms with Crippen LogP contribution in [0.5, 0.6) is 0 Å². The van der Waals surface area contributed by atoms with E-state index >= 15 is 0 Å². The summed E-state index contributed by atoms with van der Waals surface area (Å²) >= 11 is 8.79. The molecule has 0 N–H and O–H groups in total. The summed E-state index contributed by atoms with van der Waals surface area (Å²) in [6.45, 7) is 0. The Morgan fingerprint density at radius 3 is 2.53 bits per heavy atom. The molecule has 0 unspecified atom stereocenters. The van der Waals surface area contributed by atoms with Crippen LogP contribution >= 0.6 is 27.5 Å². The van der Waals surface area contributed by atoms with E-state index in [4.69, 9.17) is 11.6 Å². The Bertz CT molecular complexity index is 643. The van der Waals surface area contributed by atoms with Gasteiger partial charge in [0.2, 0.25) is 0 Å². The largest absolute Gasteiger partial charge is 0.294 e. The molecule has 0 fully saturated rings. The summed E-state index contributed by atoms with van der Waals surface area (Å²) < 4.78 is 27.7. The van der Waals surface area contributed by atoms with E-state index in [-0.39, 0.29) is 22.6 Å². The van der Waals surface area contributed by atoms with E-state index in [1.54, 1.807) is 0 Å². The number of rotatable bonds is 3. The molecule has 0 aliphatic rings. The van der Waals surface area contributed by atoms with E-state index in [2.05, 4.69) is 15.9 Å². The molecular formula is C14H8BrClF2O. The topological polar surface area (TPSA) is 17.1 Å². The van der Waals surface area contributed by atoms with Gasteiger partial charge in [-0.15, -0.1) is 0 Å². The van der Waals surface area contributed by atoms with Gasteiger partial charge in [0.15, 0.2) is 5.78 Å². The third-order valence-corrected chi connectivity index (χ3v) is 3.32. The summed E-state index contributed by atoms with van der Waals surface area (Å²) in [6.07, 6.45) is -0.212. The van der Waals surface area contributed by atoms with E-state index in [9.17, 15) is 13.6 Å². The van der Waals surface area contributed by atoms with Crippen LogP contribution in [0, 0.1) is 11.6 Å². The first kappa shape index (κ1) is 14.2. The lowest BCUT2D eigenvalue weighted by Gasteiger charge is -2.05. The molecule has 2 aromatic carbocycles. The molecule has 0 aliphatic heterocycles. The van der Waals surface area contributed by atoms with Crippen molar-refractivity contribution in [1.82, 2.24) is 0 Å². The maximum absolute atomic E-state index is 13.6. The molecule has 0 saturated carbocycles. The van der Waals surface area contributed by atoms with Gasteiger partial charge in [0.05, 0.1) is 5.56 Å². The quantitative estimate of drug-likeness (QED) is 0.730. The highest BCUT2D eigenvalue weighted by Crippen LogP contribution is 2.20. The molecule has 1 nitrogen and oxygen atoms in total. The molecule has 5 heteroatoms. The summed E-state index contributed by atoms with van der Waals surface area (Å²) in [5.74, 6) is -1.68. The Balaban J connectivity index is 2.28. The summed E-state index contributed by atoms with van der Waals surface area (Å²) in [6, 6.07) is 8.10. The molecule has 19 heavy (non-hydrogen) atoms. The number of hydrogen-bond donors (Lipinski definition) is 0. The van der Waals surface area contributed by atoms with Gasteiger partial charge in [0.25, 0.3) is 0 Å². The number of halogens is 4. The Hall–Kier alpha value is -1.26. The molecule has 0 radical (unpaired) electrons. The molecule has 0 amide bonds. The van der Waals surface area contributed by atoms with Crippen molar-refractivity contribution in [1.29, 1.82) is 0 Å². The van der Waals surface area contributed by atoms with Crippen molar-refractivity contribution in [2.24, 2.45) is 0 Å². The summed E-state index contributed by atoms with van der Waals surface area (Å²) in [5, 5.41) is 0.252. The molecule has 2 rings (SSSR count). The highest BCUT2D eigenvalue weighted by atomic mass is 79.9. The summed E-state index contributed by atoms with van der Waals surface area (Å²) in [5.41, 5.74) is 0.123. The predicted octanol–water partition coefficient (Wildman–Crippen LogP) is 4.81. The Morgan fingerprint density at radius 2 is 1.84 bits per heavy atom. The van der Waals surface area contributed by atoms with Crippen molar-refractivity contribution in [2.75, 3.05) is 0 Å². The number of Topliss-reactive ketones (excluding diaryl/α,β-unsaturated/α-hetero) is 1. The second-order valence-corrected chi connectivity index (χ2v) is 5.31. The molecule has 2 aromatic rings. The van der Waals surface area contributed by atoms with Gasteiger partial charge >= 0.3 is 0 Å². The average Bonchev–Trinajstić information content (AvgIpc) is 2.35. The van der Waals surface area contributed by atoms with Crippen LogP contribution < -0.4 is 0 Å². The predicted molar refractivity (Wildman–Crippen MR) is 73.5 cm³/mol. The molecule has 0 aliphatic carbocycles. The molecule has 0 bridgehead atoms. The van der Waals surface area contributed by atoms with Crippen molar-refractivity contribution < 1.29 is 13.6 Å². The van der Waals surface area contributed by atoms with Crippen molar-refractivity contribution in [3.63, 3.8) is 0 Å². The summed E-state index contributed by atoms with van der Waals surface area (Å²) in [7, 11) is 0. The van der Waals surface area contributed by atoms with Crippen LogP contribution in [-0.4, -0.2) is 5.78 Å². The highest BCUT2D eigenvalue weighted by molar-refractivity contribution is 9.10. The number of ketones is 1. The number of hydrogen-bond acceptors (Lipinski definition) is 1. The minimum atomic E-state index is -0.623. The molecular weight excluding hydrogens is 338 g/mol. The highest BCUT2D eigenvalue weighted by Gasteiger charge is 2.15. The molecule has 0 saturated heterocycles. The van der Waals surface area contributed by atoms with Gasteiger partial charge < -0.3 is 0 Å². The monoisotopic (exact) mass is 344 g/mol. The van der Waals surface area contributed by atoms with Gasteiger partial charge in [-0.25, -0.2) is 8.78 Å². The van der Waals surface area contributed by atoms with Crippen LogP contribution in [0.3, 0.4) is 0 Å². The third kappa shape index (κ3) is 3.39. The van der Waals surface area contributed by atoms with Crippen LogP contribution in [0.1, 0.15) is 15.9 Å². The fourth-order valence-electron chi connectivity index (χ4n) is 1.64. The maximum Gasteiger partial charge on any atom is 0.170 e. The molecule has 0 atom stereocenters. The van der Waals surface area contributed by atoms with Gasteiger partial charge in [-0.2, -0.15) is 0 Å². The smallest absolute Gasteiger partial charge is 0.170 e. The lowest BCUT2D eigenvalue weighted by molar-refractivity contribution is 0.0988. The van der Waals surface area contributed by atoms with E-state index < -0.39 is 17.4 Å². The SMILES string of the molecule is O=C(Cc1ccc(Cl)cc1F)c1cc(Br)ccc1F. The average molecular weight is 346 g/mol. The fourth-order valence-corrected chi connectivity index (χ4v) is 2.16. The van der Waals surface area contributed by atoms with E-state index in [0.29, 0.717) is 4.47 Å². The first-order valence-corrected chi connectivity index (χ1v) is 6.56. The third-order valence-electron chi connectivity index (χ3n) is 2.59. The maximum atomic E-state index is 13.6. The van der Waals surface area contributed by atoms with E-state index in [1.165, 1.54) is 30.3 Å². The zero-order valence-electron chi connectivity index (χ0n) is 9.59. The van der Waals surface area contributed by atoms with Gasteiger partial charge in [0.1, 0.15) is 11.6 Å². The van der Waals surface area contributed by atoms with Crippen LogP contribution in [0.4, 0.5) is 8.78 Å². The minimum absolute atomic E-state index is 0.0660. The number of benzene rings is 2. The molecule has 0 spiro atoms. The molecule has 0 heterocycles. The van der Waals surface area contributed by atoms with Gasteiger partial charge in [-0.3, -0.25) is 4.79 Å². The zero-order valence-corrected chi connectivity index (χ0v) is 11.9. The van der Waals surface area contributed by atoms with Crippen molar-refractivity contribution in [3.8, 4) is 0 Å². The lowest BCUT2D eigenvalue weighted by Crippen LogP contribution is -2.07. The van der Waals surface area contributed by atoms with Gasteiger partial charge in [-0.1, -0.05) is 33.6 Å². The van der Waals surface area contributed by atoms with Gasteiger partial charge in [-0.05, 0) is 35.9 Å². The molecule has 0 aromatic heterocycles. The minimum Gasteiger partial charge on any atom is -0.294 e. The second-order valence-electron chi connectivity index (χ2n) is 3.96. The molecule has 98 valence electrons. The zero-order chi connectivity index (χ0) is 14.0. The fraction of sp³-hybridized carbons (Fsp3) is 0.0714. The van der Waals surface area contributed by atoms with Crippen molar-refractivity contribution in [2.45, 2.75) is 6.42 Å². The van der Waals surface area contributed by atoms with Crippen LogP contribution in [0.2, 0.25) is 5.02 Å². The Kier molecular flexibility index (Phi) is 4.32. The summed E-state index contributed by atoms with van der Waals surface area (Å²) in [4.78, 5) is 12.0. The van der Waals surface area contributed by atoms with Crippen molar-refractivity contribution in [3.05, 3.63) is 68.7 Å². The first-order chi connectivity index (χ1) is 8.97. The van der Waals surface area contributed by atoms with E-state index in [0.717, 1.165) is 6.07 Å². The van der Waals surface area contributed by atoms with Crippen LogP contribution in [0.15, 0.2) is 40.9 Å². The van der Waals surface area contributed by atoms with Crippen LogP contribution in [-0.2, 0) is 6.42 Å². The van der Waals surface area contributed by atoms with Crippen LogP contribution in [0.25, 0.3) is 0 Å². The second kappa shape index (κ2) is 5.80. The number of carbonyl (C=O) groups is 1. The Morgan fingerprint density at radius 1 is 1.11 bits per heavy atom. The van der Waals surface area contributed by atoms with Crippen molar-refractivity contribution >= 4 is 33.3 Å². The van der Waals surface area contributed by atoms with Gasteiger partial charge in [0, 0.05) is 15.9 Å². The number of carbonyl (C=O) groups excluding carboxylic acids is 1. The normalized spacial score (nSPS) is 10.5. The Labute approximate surface area is 122 Å². The van der Waals surface area contributed by atoms with E-state index in [1.807, 2.05) is 0 Å². The lowest BCUT2D eigenvalue weighted by atomic mass is 10.0. The first-order valence-electron chi connectivity index (χ1n) is 5.39. The standard InChI is InChI=1S/C14H8BrClF2O/c15-9-2-4-12(17)11(6-9)14(19)5-8-1-3-10(16)7-13(8)18/h1-4,6-7H,5H2.